The maximum absolute atomic E-state index is 12.0. The minimum absolute atomic E-state index is 0.265. The zero-order chi connectivity index (χ0) is 14.5. The van der Waals surface area contributed by atoms with Crippen molar-refractivity contribution >= 4 is 45.9 Å². The molecule has 2 aromatic rings. The van der Waals surface area contributed by atoms with Gasteiger partial charge in [0.2, 0.25) is 0 Å². The summed E-state index contributed by atoms with van der Waals surface area (Å²) in [5, 5.41) is 3.26. The van der Waals surface area contributed by atoms with Gasteiger partial charge in [0.1, 0.15) is 11.6 Å². The van der Waals surface area contributed by atoms with Crippen molar-refractivity contribution in [2.24, 2.45) is 0 Å². The van der Waals surface area contributed by atoms with E-state index in [9.17, 15) is 4.79 Å². The van der Waals surface area contributed by atoms with Crippen LogP contribution in [-0.2, 0) is 4.79 Å². The molecule has 1 unspecified atom stereocenters. The molecule has 104 valence electrons. The second kappa shape index (κ2) is 6.90. The highest BCUT2D eigenvalue weighted by Crippen LogP contribution is 2.18. The molecule has 1 atom stereocenters. The molecule has 1 amide bonds. The van der Waals surface area contributed by atoms with Gasteiger partial charge in [-0.1, -0.05) is 17.7 Å². The fourth-order valence-corrected chi connectivity index (χ4v) is 1.97. The highest BCUT2D eigenvalue weighted by atomic mass is 127. The fraction of sp³-hybridized carbons (Fsp3) is 0.143. The first-order chi connectivity index (χ1) is 9.54. The molecule has 1 N–H and O–H groups in total. The van der Waals surface area contributed by atoms with Crippen LogP contribution in [0.4, 0.5) is 5.82 Å². The molecule has 20 heavy (non-hydrogen) atoms. The van der Waals surface area contributed by atoms with Gasteiger partial charge in [-0.3, -0.25) is 4.79 Å². The van der Waals surface area contributed by atoms with Crippen LogP contribution in [0.5, 0.6) is 5.75 Å². The summed E-state index contributed by atoms with van der Waals surface area (Å²) in [5.41, 5.74) is 0. The molecule has 2 rings (SSSR count). The van der Waals surface area contributed by atoms with Crippen molar-refractivity contribution in [3.05, 3.63) is 51.2 Å². The van der Waals surface area contributed by atoms with E-state index in [2.05, 4.69) is 32.9 Å². The molecular formula is C14H12ClIN2O2. The molecule has 0 aliphatic carbocycles. The fourth-order valence-electron chi connectivity index (χ4n) is 1.48. The number of carbonyl (C=O) groups is 1. The van der Waals surface area contributed by atoms with Crippen LogP contribution in [0.1, 0.15) is 6.92 Å². The van der Waals surface area contributed by atoms with Gasteiger partial charge in [-0.05, 0) is 59.8 Å². The molecule has 1 aromatic carbocycles. The van der Waals surface area contributed by atoms with Gasteiger partial charge in [0.05, 0.1) is 0 Å². The number of carbonyl (C=O) groups excluding carboxylic acids is 1. The highest BCUT2D eigenvalue weighted by Gasteiger charge is 2.15. The Hall–Kier alpha value is -1.34. The highest BCUT2D eigenvalue weighted by molar-refractivity contribution is 14.1. The van der Waals surface area contributed by atoms with Gasteiger partial charge in [0.25, 0.3) is 5.91 Å². The lowest BCUT2D eigenvalue weighted by Gasteiger charge is -2.14. The van der Waals surface area contributed by atoms with E-state index in [-0.39, 0.29) is 5.91 Å². The first-order valence-corrected chi connectivity index (χ1v) is 7.35. The molecule has 6 heteroatoms. The molecule has 0 saturated carbocycles. The summed E-state index contributed by atoms with van der Waals surface area (Å²) in [6.45, 7) is 1.67. The summed E-state index contributed by atoms with van der Waals surface area (Å²) in [5.74, 6) is 0.784. The number of anilines is 1. The Morgan fingerprint density at radius 2 is 2.20 bits per heavy atom. The molecule has 0 radical (unpaired) electrons. The maximum Gasteiger partial charge on any atom is 0.266 e. The number of benzene rings is 1. The van der Waals surface area contributed by atoms with Gasteiger partial charge in [-0.2, -0.15) is 0 Å². The van der Waals surface area contributed by atoms with E-state index in [1.165, 1.54) is 0 Å². The zero-order valence-corrected chi connectivity index (χ0v) is 13.6. The Balaban J connectivity index is 1.96. The molecule has 0 aliphatic rings. The van der Waals surface area contributed by atoms with Crippen LogP contribution in [-0.4, -0.2) is 17.0 Å². The van der Waals surface area contributed by atoms with E-state index in [1.807, 2.05) is 6.07 Å². The number of halogens is 2. The normalized spacial score (nSPS) is 11.8. The molecule has 0 spiro atoms. The largest absolute Gasteiger partial charge is 0.481 e. The lowest BCUT2D eigenvalue weighted by molar-refractivity contribution is -0.122. The summed E-state index contributed by atoms with van der Waals surface area (Å²) >= 11 is 8.01. The molecule has 1 heterocycles. The number of nitrogens with zero attached hydrogens (tertiary/aromatic N) is 1. The minimum atomic E-state index is -0.644. The quantitative estimate of drug-likeness (QED) is 0.793. The second-order valence-electron chi connectivity index (χ2n) is 4.07. The third kappa shape index (κ3) is 4.35. The first kappa shape index (κ1) is 15.1. The number of amides is 1. The Labute approximate surface area is 135 Å². The van der Waals surface area contributed by atoms with Crippen molar-refractivity contribution in [3.63, 3.8) is 0 Å². The van der Waals surface area contributed by atoms with Crippen LogP contribution in [0, 0.1) is 3.57 Å². The predicted molar refractivity (Wildman–Crippen MR) is 87.1 cm³/mol. The predicted octanol–water partition coefficient (Wildman–Crippen LogP) is 3.75. The van der Waals surface area contributed by atoms with Gasteiger partial charge >= 0.3 is 0 Å². The minimum Gasteiger partial charge on any atom is -0.481 e. The van der Waals surface area contributed by atoms with Crippen LogP contribution in [0.3, 0.4) is 0 Å². The summed E-state index contributed by atoms with van der Waals surface area (Å²) in [6, 6.07) is 10.5. The first-order valence-electron chi connectivity index (χ1n) is 5.89. The van der Waals surface area contributed by atoms with Gasteiger partial charge in [0, 0.05) is 14.8 Å². The van der Waals surface area contributed by atoms with Crippen LogP contribution >= 0.6 is 34.2 Å². The van der Waals surface area contributed by atoms with Crippen molar-refractivity contribution in [1.29, 1.82) is 0 Å². The Morgan fingerprint density at radius 1 is 1.40 bits per heavy atom. The van der Waals surface area contributed by atoms with E-state index < -0.39 is 6.10 Å². The number of ether oxygens (including phenoxy) is 1. The number of nitrogens with one attached hydrogen (secondary N) is 1. The van der Waals surface area contributed by atoms with E-state index >= 15 is 0 Å². The monoisotopic (exact) mass is 402 g/mol. The number of rotatable bonds is 4. The topological polar surface area (TPSA) is 51.2 Å². The van der Waals surface area contributed by atoms with Gasteiger partial charge in [-0.25, -0.2) is 4.98 Å². The average Bonchev–Trinajstić information content (AvgIpc) is 2.41. The zero-order valence-electron chi connectivity index (χ0n) is 10.6. The van der Waals surface area contributed by atoms with E-state index in [4.69, 9.17) is 16.3 Å². The Kier molecular flexibility index (Phi) is 5.19. The van der Waals surface area contributed by atoms with E-state index in [0.717, 1.165) is 3.57 Å². The molecule has 1 aromatic heterocycles. The second-order valence-corrected chi connectivity index (χ2v) is 5.75. The van der Waals surface area contributed by atoms with Crippen LogP contribution in [0.2, 0.25) is 5.02 Å². The van der Waals surface area contributed by atoms with E-state index in [1.54, 1.807) is 43.5 Å². The molecular weight excluding hydrogens is 391 g/mol. The standard InChI is InChI=1S/C14H12ClIN2O2/c1-9(20-12-4-2-3-10(15)7-12)14(19)18-13-6-5-11(16)8-17-13/h2-9H,1H3,(H,17,18,19). The SMILES string of the molecule is CC(Oc1cccc(Cl)c1)C(=O)Nc1ccc(I)cn1. The van der Waals surface area contributed by atoms with Gasteiger partial charge in [-0.15, -0.1) is 0 Å². The van der Waals surface area contributed by atoms with Crippen molar-refractivity contribution in [2.45, 2.75) is 13.0 Å². The van der Waals surface area contributed by atoms with Gasteiger partial charge < -0.3 is 10.1 Å². The smallest absolute Gasteiger partial charge is 0.266 e. The number of hydrogen-bond donors (Lipinski definition) is 1. The summed E-state index contributed by atoms with van der Waals surface area (Å²) in [6.07, 6.45) is 1.04. The summed E-state index contributed by atoms with van der Waals surface area (Å²) in [4.78, 5) is 16.1. The number of pyridine rings is 1. The lowest BCUT2D eigenvalue weighted by atomic mass is 10.3. The number of hydrogen-bond acceptors (Lipinski definition) is 3. The van der Waals surface area contributed by atoms with Gasteiger partial charge in [0.15, 0.2) is 6.10 Å². The molecule has 0 fully saturated rings. The third-order valence-electron chi connectivity index (χ3n) is 2.46. The van der Waals surface area contributed by atoms with Crippen molar-refractivity contribution < 1.29 is 9.53 Å². The van der Waals surface area contributed by atoms with Crippen LogP contribution in [0.25, 0.3) is 0 Å². The third-order valence-corrected chi connectivity index (χ3v) is 3.33. The summed E-state index contributed by atoms with van der Waals surface area (Å²) < 4.78 is 6.53. The lowest BCUT2D eigenvalue weighted by Crippen LogP contribution is -2.30. The van der Waals surface area contributed by atoms with Crippen molar-refractivity contribution in [2.75, 3.05) is 5.32 Å². The average molecular weight is 403 g/mol. The van der Waals surface area contributed by atoms with Crippen LogP contribution < -0.4 is 10.1 Å². The maximum atomic E-state index is 12.0. The molecule has 0 bridgehead atoms. The number of aromatic nitrogens is 1. The Morgan fingerprint density at radius 3 is 2.85 bits per heavy atom. The Bertz CT molecular complexity index is 604. The van der Waals surface area contributed by atoms with Crippen molar-refractivity contribution in [1.82, 2.24) is 4.98 Å². The van der Waals surface area contributed by atoms with Crippen molar-refractivity contribution in [3.8, 4) is 5.75 Å². The van der Waals surface area contributed by atoms with E-state index in [0.29, 0.717) is 16.6 Å². The summed E-state index contributed by atoms with van der Waals surface area (Å²) in [7, 11) is 0. The molecule has 4 nitrogen and oxygen atoms in total. The molecule has 0 saturated heterocycles. The molecule has 0 aliphatic heterocycles. The van der Waals surface area contributed by atoms with Crippen LogP contribution in [0.15, 0.2) is 42.6 Å².